The normalized spacial score (nSPS) is 17.6. The summed E-state index contributed by atoms with van der Waals surface area (Å²) in [6.45, 7) is 1.73. The Labute approximate surface area is 183 Å². The third-order valence-corrected chi connectivity index (χ3v) is 5.42. The number of methoxy groups -OCH3 is 1. The average molecular weight is 435 g/mol. The summed E-state index contributed by atoms with van der Waals surface area (Å²) in [6, 6.07) is 15.0. The van der Waals surface area contributed by atoms with Crippen LogP contribution in [0.1, 0.15) is 22.7 Å². The van der Waals surface area contributed by atoms with Crippen LogP contribution in [0.3, 0.4) is 0 Å². The number of Topliss-reactive ketones (excluding diaryl/α,β-unsaturated/α-hetero) is 1. The van der Waals surface area contributed by atoms with Gasteiger partial charge in [-0.1, -0.05) is 30.3 Å². The van der Waals surface area contributed by atoms with Gasteiger partial charge < -0.3 is 9.84 Å². The highest BCUT2D eigenvalue weighted by atomic mass is 19.1. The number of carbonyl (C=O) groups is 2. The van der Waals surface area contributed by atoms with Gasteiger partial charge in [0, 0.05) is 11.6 Å². The maximum Gasteiger partial charge on any atom is 0.300 e. The molecule has 5 nitrogen and oxygen atoms in total. The smallest absolute Gasteiger partial charge is 0.300 e. The van der Waals surface area contributed by atoms with E-state index in [-0.39, 0.29) is 17.0 Å². The molecular formula is C25H19F2NO4. The largest absolute Gasteiger partial charge is 0.507 e. The Hall–Kier alpha value is -4.00. The number of halogens is 2. The van der Waals surface area contributed by atoms with Crippen molar-refractivity contribution < 1.29 is 28.2 Å². The Bertz CT molecular complexity index is 1250. The number of carbonyl (C=O) groups excluding carboxylic acids is 2. The van der Waals surface area contributed by atoms with Gasteiger partial charge >= 0.3 is 0 Å². The lowest BCUT2D eigenvalue weighted by Crippen LogP contribution is -2.30. The lowest BCUT2D eigenvalue weighted by atomic mass is 9.93. The minimum atomic E-state index is -1.10. The topological polar surface area (TPSA) is 66.8 Å². The van der Waals surface area contributed by atoms with Gasteiger partial charge in [-0.05, 0) is 48.4 Å². The van der Waals surface area contributed by atoms with Crippen molar-refractivity contribution in [2.24, 2.45) is 0 Å². The van der Waals surface area contributed by atoms with Gasteiger partial charge in [-0.25, -0.2) is 8.78 Å². The van der Waals surface area contributed by atoms with Crippen LogP contribution in [0, 0.1) is 18.6 Å². The van der Waals surface area contributed by atoms with Crippen LogP contribution < -0.4 is 9.64 Å². The van der Waals surface area contributed by atoms with Crippen molar-refractivity contribution in [3.8, 4) is 5.75 Å². The molecule has 1 saturated heterocycles. The molecule has 1 heterocycles. The lowest BCUT2D eigenvalue weighted by molar-refractivity contribution is -0.132. The molecule has 1 aliphatic heterocycles. The maximum absolute atomic E-state index is 14.7. The molecule has 1 atom stereocenters. The summed E-state index contributed by atoms with van der Waals surface area (Å²) in [5, 5.41) is 11.1. The van der Waals surface area contributed by atoms with E-state index in [4.69, 9.17) is 4.74 Å². The first-order chi connectivity index (χ1) is 15.3. The predicted molar refractivity (Wildman–Crippen MR) is 115 cm³/mol. The minimum absolute atomic E-state index is 0.182. The van der Waals surface area contributed by atoms with Crippen LogP contribution in [0.2, 0.25) is 0 Å². The summed E-state index contributed by atoms with van der Waals surface area (Å²) in [7, 11) is 1.51. The van der Waals surface area contributed by atoms with Crippen molar-refractivity contribution in [2.75, 3.05) is 12.0 Å². The number of anilines is 1. The Morgan fingerprint density at radius 2 is 1.72 bits per heavy atom. The number of amides is 1. The minimum Gasteiger partial charge on any atom is -0.507 e. The van der Waals surface area contributed by atoms with Crippen LogP contribution >= 0.6 is 0 Å². The molecule has 0 spiro atoms. The van der Waals surface area contributed by atoms with E-state index in [9.17, 15) is 23.5 Å². The van der Waals surface area contributed by atoms with Gasteiger partial charge in [0.15, 0.2) is 0 Å². The van der Waals surface area contributed by atoms with Crippen molar-refractivity contribution >= 4 is 23.1 Å². The molecule has 3 aromatic rings. The molecule has 3 aromatic carbocycles. The summed E-state index contributed by atoms with van der Waals surface area (Å²) in [5.74, 6) is -3.61. The molecule has 1 fully saturated rings. The van der Waals surface area contributed by atoms with Gasteiger partial charge in [0.05, 0.1) is 24.4 Å². The fraction of sp³-hybridized carbons (Fsp3) is 0.120. The van der Waals surface area contributed by atoms with Gasteiger partial charge in [-0.2, -0.15) is 0 Å². The van der Waals surface area contributed by atoms with E-state index in [0.29, 0.717) is 28.5 Å². The number of hydrogen-bond donors (Lipinski definition) is 1. The summed E-state index contributed by atoms with van der Waals surface area (Å²) >= 11 is 0. The van der Waals surface area contributed by atoms with Gasteiger partial charge in [0.1, 0.15) is 23.1 Å². The third-order valence-electron chi connectivity index (χ3n) is 5.42. The summed E-state index contributed by atoms with van der Waals surface area (Å²) < 4.78 is 33.3. The molecule has 0 bridgehead atoms. The molecule has 0 saturated carbocycles. The van der Waals surface area contributed by atoms with Crippen LogP contribution in [-0.4, -0.2) is 23.9 Å². The van der Waals surface area contributed by atoms with Crippen molar-refractivity contribution in [1.29, 1.82) is 0 Å². The monoisotopic (exact) mass is 435 g/mol. The highest BCUT2D eigenvalue weighted by Gasteiger charge is 2.47. The number of rotatable bonds is 4. The number of aryl methyl sites for hydroxylation is 1. The highest BCUT2D eigenvalue weighted by Crippen LogP contribution is 2.43. The van der Waals surface area contributed by atoms with Crippen molar-refractivity contribution in [1.82, 2.24) is 0 Å². The van der Waals surface area contributed by atoms with E-state index in [2.05, 4.69) is 0 Å². The molecule has 0 aromatic heterocycles. The van der Waals surface area contributed by atoms with E-state index >= 15 is 0 Å². The zero-order valence-corrected chi connectivity index (χ0v) is 17.3. The number of benzene rings is 3. The number of nitrogens with zero attached hydrogens (tertiary/aromatic N) is 1. The Kier molecular flexibility index (Phi) is 5.48. The second-order valence-electron chi connectivity index (χ2n) is 7.36. The first-order valence-electron chi connectivity index (χ1n) is 9.79. The van der Waals surface area contributed by atoms with Crippen LogP contribution in [0.25, 0.3) is 5.76 Å². The van der Waals surface area contributed by atoms with Gasteiger partial charge in [-0.3, -0.25) is 14.5 Å². The van der Waals surface area contributed by atoms with Crippen LogP contribution in [0.15, 0.2) is 72.3 Å². The number of hydrogen-bond acceptors (Lipinski definition) is 4. The zero-order valence-electron chi connectivity index (χ0n) is 17.3. The van der Waals surface area contributed by atoms with E-state index in [1.807, 2.05) is 0 Å². The number of ether oxygens (including phenoxy) is 1. The number of aliphatic hydroxyl groups excluding tert-OH is 1. The molecule has 32 heavy (non-hydrogen) atoms. The second-order valence-corrected chi connectivity index (χ2v) is 7.36. The quantitative estimate of drug-likeness (QED) is 0.359. The molecule has 7 heteroatoms. The molecule has 1 N–H and O–H groups in total. The molecule has 4 rings (SSSR count). The molecule has 1 amide bonds. The molecule has 162 valence electrons. The first kappa shape index (κ1) is 21.2. The van der Waals surface area contributed by atoms with Crippen molar-refractivity contribution in [3.63, 3.8) is 0 Å². The Balaban J connectivity index is 1.96. The lowest BCUT2D eigenvalue weighted by Gasteiger charge is -2.26. The highest BCUT2D eigenvalue weighted by molar-refractivity contribution is 6.51. The van der Waals surface area contributed by atoms with Gasteiger partial charge in [0.25, 0.3) is 11.7 Å². The number of aliphatic hydroxyl groups is 1. The maximum atomic E-state index is 14.7. The second kappa shape index (κ2) is 8.26. The van der Waals surface area contributed by atoms with Gasteiger partial charge in [-0.15, -0.1) is 0 Å². The third kappa shape index (κ3) is 3.51. The Morgan fingerprint density at radius 3 is 2.34 bits per heavy atom. The SMILES string of the molecule is COc1ccc(/C(O)=C2\C(=O)C(=O)N(c3ccc(F)cc3F)C2c2ccccc2)c(C)c1. The standard InChI is InChI=1S/C25H19F2NO4/c1-14-12-17(32-2)9-10-18(14)23(29)21-22(15-6-4-3-5-7-15)28(25(31)24(21)30)20-11-8-16(26)13-19(20)27/h3-13,22,29H,1-2H3/b23-21+. The van der Waals surface area contributed by atoms with E-state index in [0.717, 1.165) is 17.0 Å². The number of ketones is 1. The molecule has 1 aliphatic rings. The molecule has 0 aliphatic carbocycles. The fourth-order valence-corrected chi connectivity index (χ4v) is 3.88. The van der Waals surface area contributed by atoms with Crippen LogP contribution in [0.4, 0.5) is 14.5 Å². The summed E-state index contributed by atoms with van der Waals surface area (Å²) in [6.07, 6.45) is 0. The van der Waals surface area contributed by atoms with Crippen molar-refractivity contribution in [3.05, 3.63) is 101 Å². The van der Waals surface area contributed by atoms with Crippen molar-refractivity contribution in [2.45, 2.75) is 13.0 Å². The van der Waals surface area contributed by atoms with E-state index in [1.165, 1.54) is 7.11 Å². The fourth-order valence-electron chi connectivity index (χ4n) is 3.88. The summed E-state index contributed by atoms with van der Waals surface area (Å²) in [5.41, 5.74) is 1.01. The molecular weight excluding hydrogens is 416 g/mol. The first-order valence-corrected chi connectivity index (χ1v) is 9.79. The van der Waals surface area contributed by atoms with Gasteiger partial charge in [0.2, 0.25) is 0 Å². The Morgan fingerprint density at radius 1 is 1.00 bits per heavy atom. The van der Waals surface area contributed by atoms with Crippen LogP contribution in [-0.2, 0) is 9.59 Å². The summed E-state index contributed by atoms with van der Waals surface area (Å²) in [4.78, 5) is 27.0. The van der Waals surface area contributed by atoms with E-state index < -0.39 is 29.4 Å². The average Bonchev–Trinajstić information content (AvgIpc) is 3.04. The molecule has 0 radical (unpaired) electrons. The zero-order chi connectivity index (χ0) is 23.0. The van der Waals surface area contributed by atoms with Crippen LogP contribution in [0.5, 0.6) is 5.75 Å². The predicted octanol–water partition coefficient (Wildman–Crippen LogP) is 4.91. The van der Waals surface area contributed by atoms with E-state index in [1.54, 1.807) is 55.5 Å². The molecule has 1 unspecified atom stereocenters.